The molecule has 0 saturated carbocycles. The first-order valence-corrected chi connectivity index (χ1v) is 6.96. The van der Waals surface area contributed by atoms with Crippen molar-refractivity contribution in [1.82, 2.24) is 9.78 Å². The lowest BCUT2D eigenvalue weighted by molar-refractivity contribution is 0.0980. The van der Waals surface area contributed by atoms with Crippen LogP contribution in [0.1, 0.15) is 28.7 Å². The highest BCUT2D eigenvalue weighted by Crippen LogP contribution is 2.31. The summed E-state index contributed by atoms with van der Waals surface area (Å²) in [6, 6.07) is 4.54. The number of benzene rings is 1. The van der Waals surface area contributed by atoms with Crippen LogP contribution in [0, 0.1) is 12.7 Å². The third-order valence-electron chi connectivity index (χ3n) is 3.86. The van der Waals surface area contributed by atoms with Crippen molar-refractivity contribution < 1.29 is 9.18 Å². The zero-order chi connectivity index (χ0) is 15.1. The second-order valence-corrected chi connectivity index (χ2v) is 5.14. The maximum atomic E-state index is 13.4. The topological polar surface area (TPSA) is 64.2 Å². The van der Waals surface area contributed by atoms with Crippen molar-refractivity contribution in [2.45, 2.75) is 26.8 Å². The number of fused-ring (bicyclic) bond motifs is 1. The van der Waals surface area contributed by atoms with Crippen LogP contribution >= 0.6 is 0 Å². The van der Waals surface area contributed by atoms with Crippen molar-refractivity contribution in [3.05, 3.63) is 41.0 Å². The zero-order valence-corrected chi connectivity index (χ0v) is 12.1. The molecule has 21 heavy (non-hydrogen) atoms. The summed E-state index contributed by atoms with van der Waals surface area (Å²) in [7, 11) is 0. The molecular formula is C15H17FN4O. The molecule has 1 aliphatic heterocycles. The maximum absolute atomic E-state index is 13.4. The second kappa shape index (κ2) is 4.87. The number of nitrogens with zero attached hydrogens (tertiary/aromatic N) is 3. The molecule has 110 valence electrons. The Balaban J connectivity index is 2.04. The van der Waals surface area contributed by atoms with Gasteiger partial charge < -0.3 is 10.6 Å². The van der Waals surface area contributed by atoms with E-state index in [0.717, 1.165) is 12.0 Å². The van der Waals surface area contributed by atoms with E-state index in [1.54, 1.807) is 22.6 Å². The number of hydrogen-bond acceptors (Lipinski definition) is 3. The molecule has 1 aromatic carbocycles. The van der Waals surface area contributed by atoms with E-state index in [2.05, 4.69) is 5.10 Å². The molecule has 0 bridgehead atoms. The predicted octanol–water partition coefficient (Wildman–Crippen LogP) is 2.14. The van der Waals surface area contributed by atoms with Crippen molar-refractivity contribution in [2.75, 3.05) is 17.2 Å². The Morgan fingerprint density at radius 1 is 1.48 bits per heavy atom. The number of carbonyl (C=O) groups excluding carboxylic acids is 1. The highest BCUT2D eigenvalue weighted by atomic mass is 19.1. The van der Waals surface area contributed by atoms with Crippen molar-refractivity contribution in [2.24, 2.45) is 0 Å². The number of carbonyl (C=O) groups is 1. The van der Waals surface area contributed by atoms with E-state index in [4.69, 9.17) is 5.73 Å². The number of anilines is 2. The van der Waals surface area contributed by atoms with Crippen molar-refractivity contribution in [3.63, 3.8) is 0 Å². The minimum Gasteiger partial charge on any atom is -0.395 e. The van der Waals surface area contributed by atoms with Crippen LogP contribution in [0.25, 0.3) is 0 Å². The van der Waals surface area contributed by atoms with Crippen molar-refractivity contribution >= 4 is 17.3 Å². The molecule has 2 aromatic rings. The summed E-state index contributed by atoms with van der Waals surface area (Å²) in [5, 5.41) is 4.26. The molecule has 1 amide bonds. The molecule has 6 heteroatoms. The number of amides is 1. The number of aromatic nitrogens is 2. The molecule has 0 unspecified atom stereocenters. The summed E-state index contributed by atoms with van der Waals surface area (Å²) in [6.45, 7) is 4.77. The van der Waals surface area contributed by atoms with Gasteiger partial charge in [-0.1, -0.05) is 6.07 Å². The molecule has 5 nitrogen and oxygen atoms in total. The summed E-state index contributed by atoms with van der Waals surface area (Å²) < 4.78 is 15.1. The molecule has 1 aromatic heterocycles. The van der Waals surface area contributed by atoms with Gasteiger partial charge in [0.05, 0.1) is 17.1 Å². The molecule has 0 atom stereocenters. The predicted molar refractivity (Wildman–Crippen MR) is 78.8 cm³/mol. The molecule has 0 spiro atoms. The van der Waals surface area contributed by atoms with Gasteiger partial charge in [-0.15, -0.1) is 0 Å². The largest absolute Gasteiger partial charge is 0.395 e. The van der Waals surface area contributed by atoms with Crippen LogP contribution in [-0.2, 0) is 13.0 Å². The fourth-order valence-corrected chi connectivity index (χ4v) is 2.74. The smallest absolute Gasteiger partial charge is 0.278 e. The Morgan fingerprint density at radius 2 is 2.24 bits per heavy atom. The van der Waals surface area contributed by atoms with Crippen LogP contribution < -0.4 is 10.6 Å². The van der Waals surface area contributed by atoms with E-state index in [0.29, 0.717) is 35.9 Å². The molecule has 3 rings (SSSR count). The van der Waals surface area contributed by atoms with Gasteiger partial charge in [-0.2, -0.15) is 5.10 Å². The van der Waals surface area contributed by atoms with E-state index < -0.39 is 0 Å². The van der Waals surface area contributed by atoms with E-state index >= 15 is 0 Å². The number of rotatable bonds is 2. The first-order valence-electron chi connectivity index (χ1n) is 6.96. The van der Waals surface area contributed by atoms with E-state index in [-0.39, 0.29) is 11.7 Å². The highest BCUT2D eigenvalue weighted by Gasteiger charge is 2.30. The summed E-state index contributed by atoms with van der Waals surface area (Å²) in [4.78, 5) is 14.4. The standard InChI is InChI=1S/C15H17FN4O/c1-3-20-14(13(17)9(2)18-20)15(21)19-7-6-10-4-5-11(16)8-12(10)19/h4-5,8H,3,6-7,17H2,1-2H3. The van der Waals surface area contributed by atoms with E-state index in [9.17, 15) is 9.18 Å². The molecule has 0 fully saturated rings. The average molecular weight is 288 g/mol. The van der Waals surface area contributed by atoms with Gasteiger partial charge >= 0.3 is 0 Å². The van der Waals surface area contributed by atoms with E-state index in [1.807, 2.05) is 6.92 Å². The second-order valence-electron chi connectivity index (χ2n) is 5.14. The molecule has 0 saturated heterocycles. The van der Waals surface area contributed by atoms with Crippen LogP contribution in [0.2, 0.25) is 0 Å². The van der Waals surface area contributed by atoms with Gasteiger partial charge in [0, 0.05) is 13.1 Å². The minimum absolute atomic E-state index is 0.223. The Morgan fingerprint density at radius 3 is 2.95 bits per heavy atom. The third kappa shape index (κ3) is 2.07. The van der Waals surface area contributed by atoms with Gasteiger partial charge in [-0.25, -0.2) is 4.39 Å². The molecule has 2 N–H and O–H groups in total. The molecule has 2 heterocycles. The van der Waals surface area contributed by atoms with Gasteiger partial charge in [-0.3, -0.25) is 9.48 Å². The number of halogens is 1. The fraction of sp³-hybridized carbons (Fsp3) is 0.333. The summed E-state index contributed by atoms with van der Waals surface area (Å²) in [6.07, 6.45) is 0.723. The minimum atomic E-state index is -0.346. The lowest BCUT2D eigenvalue weighted by atomic mass is 10.1. The maximum Gasteiger partial charge on any atom is 0.278 e. The summed E-state index contributed by atoms with van der Waals surface area (Å²) in [5.41, 5.74) is 9.01. The average Bonchev–Trinajstić information content (AvgIpc) is 3.00. The van der Waals surface area contributed by atoms with Crippen molar-refractivity contribution in [3.8, 4) is 0 Å². The zero-order valence-electron chi connectivity index (χ0n) is 12.1. The summed E-state index contributed by atoms with van der Waals surface area (Å²) >= 11 is 0. The van der Waals surface area contributed by atoms with Crippen LogP contribution in [0.15, 0.2) is 18.2 Å². The Bertz CT molecular complexity index is 723. The highest BCUT2D eigenvalue weighted by molar-refractivity contribution is 6.09. The van der Waals surface area contributed by atoms with Crippen LogP contribution in [0.5, 0.6) is 0 Å². The first kappa shape index (κ1) is 13.6. The molecule has 0 aliphatic carbocycles. The van der Waals surface area contributed by atoms with Crippen molar-refractivity contribution in [1.29, 1.82) is 0 Å². The SMILES string of the molecule is CCn1nc(C)c(N)c1C(=O)N1CCc2ccc(F)cc21. The lowest BCUT2D eigenvalue weighted by Crippen LogP contribution is -2.31. The molecule has 1 aliphatic rings. The number of nitrogen functional groups attached to an aromatic ring is 1. The Labute approximate surface area is 122 Å². The van der Waals surface area contributed by atoms with Gasteiger partial charge in [0.2, 0.25) is 0 Å². The number of nitrogens with two attached hydrogens (primary N) is 1. The summed E-state index contributed by atoms with van der Waals surface area (Å²) in [5.74, 6) is -0.569. The number of hydrogen-bond donors (Lipinski definition) is 1. The normalized spacial score (nSPS) is 13.6. The van der Waals surface area contributed by atoms with Crippen LogP contribution in [-0.4, -0.2) is 22.2 Å². The first-order chi connectivity index (χ1) is 10.0. The quantitative estimate of drug-likeness (QED) is 0.920. The number of aryl methyl sites for hydroxylation is 2. The fourth-order valence-electron chi connectivity index (χ4n) is 2.74. The Hall–Kier alpha value is -2.37. The van der Waals surface area contributed by atoms with Crippen LogP contribution in [0.3, 0.4) is 0 Å². The monoisotopic (exact) mass is 288 g/mol. The van der Waals surface area contributed by atoms with E-state index in [1.165, 1.54) is 12.1 Å². The van der Waals surface area contributed by atoms with Gasteiger partial charge in [-0.05, 0) is 38.0 Å². The molecule has 0 radical (unpaired) electrons. The van der Waals surface area contributed by atoms with Gasteiger partial charge in [0.1, 0.15) is 11.5 Å². The van der Waals surface area contributed by atoms with Crippen LogP contribution in [0.4, 0.5) is 15.8 Å². The van der Waals surface area contributed by atoms with Gasteiger partial charge in [0.25, 0.3) is 5.91 Å². The molecular weight excluding hydrogens is 271 g/mol. The van der Waals surface area contributed by atoms with Gasteiger partial charge in [0.15, 0.2) is 0 Å². The lowest BCUT2D eigenvalue weighted by Gasteiger charge is -2.18. The Kier molecular flexibility index (Phi) is 3.16. The third-order valence-corrected chi connectivity index (χ3v) is 3.86.